The average molecular weight is 277 g/mol. The summed E-state index contributed by atoms with van der Waals surface area (Å²) < 4.78 is 11.1. The van der Waals surface area contributed by atoms with Crippen LogP contribution in [-0.2, 0) is 14.9 Å². The molecule has 0 aliphatic carbocycles. The fourth-order valence-electron chi connectivity index (χ4n) is 3.24. The maximum atomic E-state index is 5.61. The molecular weight excluding hydrogens is 250 g/mol. The molecule has 0 spiro atoms. The summed E-state index contributed by atoms with van der Waals surface area (Å²) >= 11 is 0. The Balaban J connectivity index is 2.28. The number of hydrogen-bond donors (Lipinski definition) is 1. The van der Waals surface area contributed by atoms with Gasteiger partial charge in [0.05, 0.1) is 6.61 Å². The molecule has 1 fully saturated rings. The summed E-state index contributed by atoms with van der Waals surface area (Å²) in [5.74, 6) is 0. The second-order valence-corrected chi connectivity index (χ2v) is 5.60. The number of benzene rings is 1. The van der Waals surface area contributed by atoms with Crippen molar-refractivity contribution in [2.75, 3.05) is 33.5 Å². The predicted octanol–water partition coefficient (Wildman–Crippen LogP) is 2.75. The van der Waals surface area contributed by atoms with E-state index >= 15 is 0 Å². The fourth-order valence-corrected chi connectivity index (χ4v) is 3.24. The van der Waals surface area contributed by atoms with Crippen molar-refractivity contribution in [2.24, 2.45) is 0 Å². The Morgan fingerprint density at radius 1 is 1.25 bits per heavy atom. The number of rotatable bonds is 7. The molecule has 1 unspecified atom stereocenters. The summed E-state index contributed by atoms with van der Waals surface area (Å²) in [4.78, 5) is 0. The first-order valence-electron chi connectivity index (χ1n) is 7.69. The van der Waals surface area contributed by atoms with Gasteiger partial charge in [-0.25, -0.2) is 0 Å². The lowest BCUT2D eigenvalue weighted by atomic mass is 9.69. The predicted molar refractivity (Wildman–Crippen MR) is 82.1 cm³/mol. The van der Waals surface area contributed by atoms with Crippen molar-refractivity contribution in [3.63, 3.8) is 0 Å². The normalized spacial score (nSPS) is 19.7. The Morgan fingerprint density at radius 3 is 2.55 bits per heavy atom. The standard InChI is InChI=1S/C17H27NO2/c1-3-11-18-16(14-19-2)17(9-12-20-13-10-17)15-7-5-4-6-8-15/h4-8,16,18H,3,9-14H2,1-2H3. The SMILES string of the molecule is CCCNC(COC)C1(c2ccccc2)CCOCC1. The molecule has 0 bridgehead atoms. The van der Waals surface area contributed by atoms with Crippen LogP contribution in [-0.4, -0.2) is 39.5 Å². The lowest BCUT2D eigenvalue weighted by molar-refractivity contribution is 0.0176. The summed E-state index contributed by atoms with van der Waals surface area (Å²) in [6, 6.07) is 11.2. The van der Waals surface area contributed by atoms with Crippen molar-refractivity contribution >= 4 is 0 Å². The number of methoxy groups -OCH3 is 1. The molecule has 20 heavy (non-hydrogen) atoms. The van der Waals surface area contributed by atoms with Crippen LogP contribution in [0.5, 0.6) is 0 Å². The highest BCUT2D eigenvalue weighted by atomic mass is 16.5. The van der Waals surface area contributed by atoms with Gasteiger partial charge in [-0.3, -0.25) is 0 Å². The van der Waals surface area contributed by atoms with Crippen LogP contribution in [0.2, 0.25) is 0 Å². The van der Waals surface area contributed by atoms with Crippen LogP contribution in [0.15, 0.2) is 30.3 Å². The summed E-state index contributed by atoms with van der Waals surface area (Å²) in [6.45, 7) is 5.65. The maximum absolute atomic E-state index is 5.61. The second-order valence-electron chi connectivity index (χ2n) is 5.60. The quantitative estimate of drug-likeness (QED) is 0.831. The largest absolute Gasteiger partial charge is 0.383 e. The first-order chi connectivity index (χ1) is 9.83. The Hall–Kier alpha value is -0.900. The van der Waals surface area contributed by atoms with Crippen LogP contribution in [0.4, 0.5) is 0 Å². The van der Waals surface area contributed by atoms with E-state index in [1.807, 2.05) is 0 Å². The third-order valence-corrected chi connectivity index (χ3v) is 4.37. The molecule has 1 heterocycles. The molecule has 3 nitrogen and oxygen atoms in total. The monoisotopic (exact) mass is 277 g/mol. The van der Waals surface area contributed by atoms with E-state index in [1.165, 1.54) is 5.56 Å². The zero-order chi connectivity index (χ0) is 14.3. The van der Waals surface area contributed by atoms with E-state index in [0.717, 1.165) is 45.6 Å². The number of hydrogen-bond acceptors (Lipinski definition) is 3. The minimum atomic E-state index is 0.130. The van der Waals surface area contributed by atoms with Crippen molar-refractivity contribution in [1.82, 2.24) is 5.32 Å². The average Bonchev–Trinajstić information content (AvgIpc) is 2.53. The van der Waals surface area contributed by atoms with Gasteiger partial charge in [-0.05, 0) is 31.4 Å². The molecule has 3 heteroatoms. The van der Waals surface area contributed by atoms with Gasteiger partial charge in [-0.2, -0.15) is 0 Å². The van der Waals surface area contributed by atoms with Gasteiger partial charge >= 0.3 is 0 Å². The minimum Gasteiger partial charge on any atom is -0.383 e. The van der Waals surface area contributed by atoms with Gasteiger partial charge in [0.1, 0.15) is 0 Å². The molecule has 2 rings (SSSR count). The summed E-state index contributed by atoms with van der Waals surface area (Å²) in [5.41, 5.74) is 1.54. The molecule has 1 aliphatic heterocycles. The highest BCUT2D eigenvalue weighted by Gasteiger charge is 2.41. The molecule has 0 saturated carbocycles. The third-order valence-electron chi connectivity index (χ3n) is 4.37. The summed E-state index contributed by atoms with van der Waals surface area (Å²) in [5, 5.41) is 3.70. The Labute approximate surface area is 122 Å². The van der Waals surface area contributed by atoms with Crippen molar-refractivity contribution < 1.29 is 9.47 Å². The number of nitrogens with one attached hydrogen (secondary N) is 1. The first-order valence-corrected chi connectivity index (χ1v) is 7.69. The van der Waals surface area contributed by atoms with Gasteiger partial charge in [0.15, 0.2) is 0 Å². The van der Waals surface area contributed by atoms with E-state index in [4.69, 9.17) is 9.47 Å². The topological polar surface area (TPSA) is 30.5 Å². The van der Waals surface area contributed by atoms with E-state index in [1.54, 1.807) is 7.11 Å². The van der Waals surface area contributed by atoms with E-state index in [0.29, 0.717) is 6.04 Å². The molecule has 0 radical (unpaired) electrons. The fraction of sp³-hybridized carbons (Fsp3) is 0.647. The molecule has 1 aliphatic rings. The first kappa shape index (κ1) is 15.5. The maximum Gasteiger partial charge on any atom is 0.0624 e. The Bertz CT molecular complexity index is 374. The van der Waals surface area contributed by atoms with Gasteiger partial charge in [-0.1, -0.05) is 37.3 Å². The molecule has 1 atom stereocenters. The van der Waals surface area contributed by atoms with Crippen molar-refractivity contribution in [3.05, 3.63) is 35.9 Å². The lowest BCUT2D eigenvalue weighted by Crippen LogP contribution is -2.54. The van der Waals surface area contributed by atoms with Crippen LogP contribution in [0.1, 0.15) is 31.7 Å². The van der Waals surface area contributed by atoms with Crippen LogP contribution in [0.3, 0.4) is 0 Å². The van der Waals surface area contributed by atoms with Crippen LogP contribution < -0.4 is 5.32 Å². The Kier molecular flexibility index (Phi) is 6.02. The highest BCUT2D eigenvalue weighted by Crippen LogP contribution is 2.38. The van der Waals surface area contributed by atoms with E-state index in [-0.39, 0.29) is 5.41 Å². The summed E-state index contributed by atoms with van der Waals surface area (Å²) in [6.07, 6.45) is 3.26. The van der Waals surface area contributed by atoms with Crippen LogP contribution in [0.25, 0.3) is 0 Å². The molecule has 1 saturated heterocycles. The van der Waals surface area contributed by atoms with Gasteiger partial charge in [0, 0.05) is 31.8 Å². The molecule has 0 amide bonds. The molecule has 0 aromatic heterocycles. The van der Waals surface area contributed by atoms with Gasteiger partial charge < -0.3 is 14.8 Å². The Morgan fingerprint density at radius 2 is 1.95 bits per heavy atom. The molecule has 1 aromatic rings. The number of ether oxygens (including phenoxy) is 2. The minimum absolute atomic E-state index is 0.130. The second kappa shape index (κ2) is 7.77. The zero-order valence-corrected chi connectivity index (χ0v) is 12.7. The van der Waals surface area contributed by atoms with E-state index in [9.17, 15) is 0 Å². The lowest BCUT2D eigenvalue weighted by Gasteiger charge is -2.44. The molecular formula is C17H27NO2. The van der Waals surface area contributed by atoms with Gasteiger partial charge in [0.2, 0.25) is 0 Å². The van der Waals surface area contributed by atoms with Gasteiger partial charge in [0.25, 0.3) is 0 Å². The van der Waals surface area contributed by atoms with E-state index in [2.05, 4.69) is 42.6 Å². The summed E-state index contributed by atoms with van der Waals surface area (Å²) in [7, 11) is 1.79. The molecule has 1 N–H and O–H groups in total. The van der Waals surface area contributed by atoms with Crippen molar-refractivity contribution in [1.29, 1.82) is 0 Å². The van der Waals surface area contributed by atoms with Crippen LogP contribution in [0, 0.1) is 0 Å². The van der Waals surface area contributed by atoms with Crippen molar-refractivity contribution in [3.8, 4) is 0 Å². The third kappa shape index (κ3) is 3.40. The van der Waals surface area contributed by atoms with Crippen LogP contribution >= 0.6 is 0 Å². The zero-order valence-electron chi connectivity index (χ0n) is 12.7. The van der Waals surface area contributed by atoms with E-state index < -0.39 is 0 Å². The smallest absolute Gasteiger partial charge is 0.0624 e. The molecule has 112 valence electrons. The van der Waals surface area contributed by atoms with Gasteiger partial charge in [-0.15, -0.1) is 0 Å². The van der Waals surface area contributed by atoms with Crippen molar-refractivity contribution in [2.45, 2.75) is 37.6 Å². The molecule has 1 aromatic carbocycles. The highest BCUT2D eigenvalue weighted by molar-refractivity contribution is 5.28.